The van der Waals surface area contributed by atoms with E-state index in [4.69, 9.17) is 12.2 Å². The molecule has 2 atom stereocenters. The molecule has 0 bridgehead atoms. The first-order chi connectivity index (χ1) is 11.8. The number of pyridine rings is 1. The molecule has 0 saturated carbocycles. The monoisotopic (exact) mass is 356 g/mol. The molecule has 3 rings (SSSR count). The second kappa shape index (κ2) is 6.79. The Kier molecular flexibility index (Phi) is 4.87. The third kappa shape index (κ3) is 3.71. The third-order valence-electron chi connectivity index (χ3n) is 4.59. The fraction of sp³-hybridized carbons (Fsp3) is 0.500. The lowest BCUT2D eigenvalue weighted by molar-refractivity contribution is 0.286. The summed E-state index contributed by atoms with van der Waals surface area (Å²) in [7, 11) is 0. The Balaban J connectivity index is 2.01. The molecular weight excluding hydrogens is 328 g/mol. The molecule has 1 aliphatic rings. The van der Waals surface area contributed by atoms with Gasteiger partial charge in [0, 0.05) is 30.7 Å². The van der Waals surface area contributed by atoms with E-state index in [1.54, 1.807) is 0 Å². The highest BCUT2D eigenvalue weighted by Gasteiger charge is 2.40. The van der Waals surface area contributed by atoms with Crippen LogP contribution < -0.4 is 5.32 Å². The summed E-state index contributed by atoms with van der Waals surface area (Å²) in [5.74, 6) is 0.537. The van der Waals surface area contributed by atoms with Crippen molar-refractivity contribution in [3.05, 3.63) is 54.1 Å². The molecule has 134 valence electrons. The van der Waals surface area contributed by atoms with E-state index in [1.165, 1.54) is 5.56 Å². The lowest BCUT2D eigenvalue weighted by Crippen LogP contribution is -2.32. The van der Waals surface area contributed by atoms with Gasteiger partial charge in [0.05, 0.1) is 17.8 Å². The van der Waals surface area contributed by atoms with Crippen molar-refractivity contribution in [3.63, 3.8) is 0 Å². The molecule has 0 unspecified atom stereocenters. The molecule has 1 saturated heterocycles. The van der Waals surface area contributed by atoms with Gasteiger partial charge in [-0.25, -0.2) is 0 Å². The second-order valence-corrected chi connectivity index (χ2v) is 8.58. The molecule has 2 aromatic rings. The van der Waals surface area contributed by atoms with Gasteiger partial charge in [-0.15, -0.1) is 0 Å². The van der Waals surface area contributed by atoms with Crippen LogP contribution in [0, 0.1) is 5.92 Å². The van der Waals surface area contributed by atoms with Crippen LogP contribution in [0.1, 0.15) is 58.0 Å². The maximum Gasteiger partial charge on any atom is 0.170 e. The number of rotatable bonds is 4. The SMILES string of the molecule is CC(C)CN1C(=S)N[C@@H](c2ccccn2)[C@H]1c1ccn(C(C)(C)C)c1. The average Bonchev–Trinajstić information content (AvgIpc) is 3.13. The van der Waals surface area contributed by atoms with E-state index in [9.17, 15) is 0 Å². The molecule has 0 amide bonds. The number of aromatic nitrogens is 2. The maximum atomic E-state index is 5.67. The number of thiocarbonyl (C=S) groups is 1. The van der Waals surface area contributed by atoms with E-state index < -0.39 is 0 Å². The van der Waals surface area contributed by atoms with Crippen LogP contribution in [0.2, 0.25) is 0 Å². The summed E-state index contributed by atoms with van der Waals surface area (Å²) in [5, 5.41) is 4.33. The van der Waals surface area contributed by atoms with Crippen LogP contribution in [0.4, 0.5) is 0 Å². The largest absolute Gasteiger partial charge is 0.352 e. The molecule has 0 aliphatic carbocycles. The number of nitrogens with zero attached hydrogens (tertiary/aromatic N) is 3. The van der Waals surface area contributed by atoms with E-state index in [0.717, 1.165) is 17.4 Å². The van der Waals surface area contributed by atoms with Crippen molar-refractivity contribution < 1.29 is 0 Å². The van der Waals surface area contributed by atoms with Crippen molar-refractivity contribution in [2.75, 3.05) is 6.54 Å². The summed E-state index contributed by atoms with van der Waals surface area (Å²) >= 11 is 5.67. The molecule has 5 heteroatoms. The number of hydrogen-bond donors (Lipinski definition) is 1. The van der Waals surface area contributed by atoms with Gasteiger partial charge in [0.2, 0.25) is 0 Å². The Bertz CT molecular complexity index is 730. The Morgan fingerprint density at radius 3 is 2.56 bits per heavy atom. The van der Waals surface area contributed by atoms with Crippen molar-refractivity contribution in [1.82, 2.24) is 19.8 Å². The molecule has 25 heavy (non-hydrogen) atoms. The summed E-state index contributed by atoms with van der Waals surface area (Å²) in [5.41, 5.74) is 2.37. The van der Waals surface area contributed by atoms with Crippen LogP contribution >= 0.6 is 12.2 Å². The molecule has 3 heterocycles. The van der Waals surface area contributed by atoms with Gasteiger partial charge in [-0.2, -0.15) is 0 Å². The van der Waals surface area contributed by atoms with Crippen LogP contribution in [0.15, 0.2) is 42.9 Å². The molecule has 4 nitrogen and oxygen atoms in total. The minimum Gasteiger partial charge on any atom is -0.352 e. The maximum absolute atomic E-state index is 5.67. The van der Waals surface area contributed by atoms with Crippen molar-refractivity contribution in [2.45, 2.75) is 52.2 Å². The first-order valence-corrected chi connectivity index (χ1v) is 9.34. The summed E-state index contributed by atoms with van der Waals surface area (Å²) in [6.07, 6.45) is 6.27. The second-order valence-electron chi connectivity index (χ2n) is 8.20. The van der Waals surface area contributed by atoms with E-state index in [2.05, 4.69) is 78.9 Å². The lowest BCUT2D eigenvalue weighted by Gasteiger charge is -2.29. The van der Waals surface area contributed by atoms with Crippen LogP contribution in [0.25, 0.3) is 0 Å². The first-order valence-electron chi connectivity index (χ1n) is 8.94. The summed E-state index contributed by atoms with van der Waals surface area (Å²) < 4.78 is 2.27. The Morgan fingerprint density at radius 1 is 1.24 bits per heavy atom. The molecule has 1 N–H and O–H groups in total. The fourth-order valence-electron chi connectivity index (χ4n) is 3.36. The molecule has 0 aromatic carbocycles. The standard InChI is InChI=1S/C20H28N4S/c1-14(2)12-24-18(15-9-11-23(13-15)20(3,4)5)17(22-19(24)25)16-8-6-7-10-21-16/h6-11,13-14,17-18H,12H2,1-5H3,(H,22,25)/t17-,18+/m0/s1. The average molecular weight is 357 g/mol. The van der Waals surface area contributed by atoms with Crippen LogP contribution in [0.5, 0.6) is 0 Å². The zero-order valence-electron chi connectivity index (χ0n) is 15.7. The minimum atomic E-state index is 0.0637. The fourth-order valence-corrected chi connectivity index (χ4v) is 3.68. The Labute approximate surface area is 156 Å². The smallest absolute Gasteiger partial charge is 0.170 e. The molecular formula is C20H28N4S. The van der Waals surface area contributed by atoms with Crippen molar-refractivity contribution in [3.8, 4) is 0 Å². The van der Waals surface area contributed by atoms with Crippen LogP contribution in [0.3, 0.4) is 0 Å². The van der Waals surface area contributed by atoms with Gasteiger partial charge in [-0.05, 0) is 62.7 Å². The van der Waals surface area contributed by atoms with E-state index in [1.807, 2.05) is 18.3 Å². The van der Waals surface area contributed by atoms with E-state index in [0.29, 0.717) is 5.92 Å². The molecule has 2 aromatic heterocycles. The molecule has 1 aliphatic heterocycles. The van der Waals surface area contributed by atoms with Gasteiger partial charge in [0.25, 0.3) is 0 Å². The van der Waals surface area contributed by atoms with Crippen LogP contribution in [-0.2, 0) is 5.54 Å². The predicted octanol–water partition coefficient (Wildman–Crippen LogP) is 4.27. The summed E-state index contributed by atoms with van der Waals surface area (Å²) in [6, 6.07) is 8.52. The predicted molar refractivity (Wildman–Crippen MR) is 106 cm³/mol. The number of nitrogens with one attached hydrogen (secondary N) is 1. The minimum absolute atomic E-state index is 0.0637. The topological polar surface area (TPSA) is 33.1 Å². The quantitative estimate of drug-likeness (QED) is 0.830. The van der Waals surface area contributed by atoms with E-state index in [-0.39, 0.29) is 17.6 Å². The van der Waals surface area contributed by atoms with Crippen molar-refractivity contribution in [2.24, 2.45) is 5.92 Å². The van der Waals surface area contributed by atoms with Gasteiger partial charge in [0.15, 0.2) is 5.11 Å². The number of hydrogen-bond acceptors (Lipinski definition) is 2. The Morgan fingerprint density at radius 2 is 2.00 bits per heavy atom. The van der Waals surface area contributed by atoms with Gasteiger partial charge in [-0.1, -0.05) is 19.9 Å². The third-order valence-corrected chi connectivity index (χ3v) is 4.94. The molecule has 0 radical (unpaired) electrons. The zero-order chi connectivity index (χ0) is 18.2. The highest BCUT2D eigenvalue weighted by molar-refractivity contribution is 7.80. The Hall–Kier alpha value is -1.88. The van der Waals surface area contributed by atoms with Crippen molar-refractivity contribution in [1.29, 1.82) is 0 Å². The van der Waals surface area contributed by atoms with Gasteiger partial charge >= 0.3 is 0 Å². The molecule has 1 fully saturated rings. The van der Waals surface area contributed by atoms with Crippen LogP contribution in [-0.4, -0.2) is 26.1 Å². The summed E-state index contributed by atoms with van der Waals surface area (Å²) in [6.45, 7) is 12.0. The van der Waals surface area contributed by atoms with Gasteiger partial charge in [-0.3, -0.25) is 4.98 Å². The summed E-state index contributed by atoms with van der Waals surface area (Å²) in [4.78, 5) is 6.91. The molecule has 0 spiro atoms. The first kappa shape index (κ1) is 17.9. The normalized spacial score (nSPS) is 21.0. The van der Waals surface area contributed by atoms with Gasteiger partial charge < -0.3 is 14.8 Å². The highest BCUT2D eigenvalue weighted by atomic mass is 32.1. The lowest BCUT2D eigenvalue weighted by atomic mass is 9.98. The van der Waals surface area contributed by atoms with E-state index >= 15 is 0 Å². The highest BCUT2D eigenvalue weighted by Crippen LogP contribution is 2.39. The van der Waals surface area contributed by atoms with Crippen molar-refractivity contribution >= 4 is 17.3 Å². The zero-order valence-corrected chi connectivity index (χ0v) is 16.5. The van der Waals surface area contributed by atoms with Gasteiger partial charge in [0.1, 0.15) is 0 Å².